The number of carbonyl (C=O) groups is 2. The summed E-state index contributed by atoms with van der Waals surface area (Å²) in [5, 5.41) is 1.86. The average molecular weight is 338 g/mol. The van der Waals surface area contributed by atoms with Gasteiger partial charge in [-0.15, -0.1) is 0 Å². The molecule has 1 aliphatic carbocycles. The molecule has 1 saturated heterocycles. The summed E-state index contributed by atoms with van der Waals surface area (Å²) >= 11 is 6.27. The normalized spacial score (nSPS) is 19.8. The molecule has 2 aliphatic rings. The van der Waals surface area contributed by atoms with E-state index in [4.69, 9.17) is 16.4 Å². The predicted octanol–water partition coefficient (Wildman–Crippen LogP) is 2.49. The molecular formula is C16H20ClN3O3. The third-order valence-electron chi connectivity index (χ3n) is 4.03. The molecule has 0 aromatic heterocycles. The highest BCUT2D eigenvalue weighted by atomic mass is 35.5. The largest absolute Gasteiger partial charge is 0.299 e. The van der Waals surface area contributed by atoms with E-state index in [1.807, 2.05) is 19.9 Å². The molecule has 1 heterocycles. The van der Waals surface area contributed by atoms with Crippen LogP contribution >= 0.6 is 11.6 Å². The number of carbonyl (C=O) groups excluding carboxylic acids is 2. The van der Waals surface area contributed by atoms with Crippen LogP contribution in [0.3, 0.4) is 0 Å². The summed E-state index contributed by atoms with van der Waals surface area (Å²) in [4.78, 5) is 29.2. The molecule has 124 valence electrons. The molecule has 2 N–H and O–H groups in total. The Labute approximate surface area is 140 Å². The molecule has 0 bridgehead atoms. The van der Waals surface area contributed by atoms with Gasteiger partial charge in [-0.05, 0) is 44.4 Å². The molecule has 0 atom stereocenters. The number of anilines is 1. The van der Waals surface area contributed by atoms with Crippen molar-refractivity contribution < 1.29 is 14.4 Å². The van der Waals surface area contributed by atoms with Gasteiger partial charge >= 0.3 is 0 Å². The average Bonchev–Trinajstić information content (AvgIpc) is 3.31. The number of hydrazine groups is 1. The first-order valence-corrected chi connectivity index (χ1v) is 8.04. The second-order valence-electron chi connectivity index (χ2n) is 6.69. The number of hydrogen-bond acceptors (Lipinski definition) is 4. The van der Waals surface area contributed by atoms with Crippen LogP contribution in [0.4, 0.5) is 5.69 Å². The van der Waals surface area contributed by atoms with E-state index in [1.54, 1.807) is 12.1 Å². The Hall–Kier alpha value is -1.79. The Balaban J connectivity index is 1.60. The summed E-state index contributed by atoms with van der Waals surface area (Å²) in [5.41, 5.74) is 6.50. The monoisotopic (exact) mass is 337 g/mol. The summed E-state index contributed by atoms with van der Waals surface area (Å²) in [5.74, 6) is 0.0925. The smallest absolute Gasteiger partial charge is 0.254 e. The minimum absolute atomic E-state index is 0.00324. The number of hydroxylamine groups is 2. The zero-order chi connectivity index (χ0) is 16.6. The fraction of sp³-hybridized carbons (Fsp3) is 0.500. The van der Waals surface area contributed by atoms with Gasteiger partial charge in [0, 0.05) is 10.9 Å². The molecular weight excluding hydrogens is 318 g/mol. The van der Waals surface area contributed by atoms with Gasteiger partial charge in [-0.25, -0.2) is 5.06 Å². The van der Waals surface area contributed by atoms with Crippen LogP contribution in [0.25, 0.3) is 0 Å². The van der Waals surface area contributed by atoms with Gasteiger partial charge in [0.15, 0.2) is 0 Å². The number of nitrogens with zero attached hydrogens (tertiary/aromatic N) is 1. The number of rotatable bonds is 5. The fourth-order valence-corrected chi connectivity index (χ4v) is 2.54. The molecule has 1 aliphatic heterocycles. The maximum atomic E-state index is 12.2. The Morgan fingerprint density at radius 3 is 2.74 bits per heavy atom. The lowest BCUT2D eigenvalue weighted by Crippen LogP contribution is -2.31. The molecule has 3 rings (SSSR count). The van der Waals surface area contributed by atoms with Crippen LogP contribution in [-0.2, 0) is 21.0 Å². The number of hydrogen-bond donors (Lipinski definition) is 2. The van der Waals surface area contributed by atoms with Gasteiger partial charge in [0.05, 0.1) is 24.3 Å². The van der Waals surface area contributed by atoms with E-state index in [0.29, 0.717) is 23.9 Å². The number of benzene rings is 1. The lowest BCUT2D eigenvalue weighted by Gasteiger charge is -2.17. The first-order chi connectivity index (χ1) is 10.9. The summed E-state index contributed by atoms with van der Waals surface area (Å²) < 4.78 is 0. The zero-order valence-electron chi connectivity index (χ0n) is 13.2. The second-order valence-corrected chi connectivity index (χ2v) is 7.10. The summed E-state index contributed by atoms with van der Waals surface area (Å²) in [6.07, 6.45) is 1.90. The number of halogens is 1. The standard InChI is InChI=1S/C16H20ClN3O3/c1-16(2)9-23-20(15(16)22)8-11-5-6-12(7-13(11)17)18-19-14(21)10-3-4-10/h5-7,10,18H,3-4,8-9H2,1-2H3,(H,19,21). The van der Waals surface area contributed by atoms with Crippen LogP contribution in [-0.4, -0.2) is 23.5 Å². The van der Waals surface area contributed by atoms with Crippen LogP contribution in [0.2, 0.25) is 5.02 Å². The molecule has 23 heavy (non-hydrogen) atoms. The molecule has 2 fully saturated rings. The first-order valence-electron chi connectivity index (χ1n) is 7.66. The third kappa shape index (κ3) is 3.59. The molecule has 0 unspecified atom stereocenters. The SMILES string of the molecule is CC1(C)CON(Cc2ccc(NNC(=O)C3CC3)cc2Cl)C1=O. The van der Waals surface area contributed by atoms with Crippen LogP contribution < -0.4 is 10.9 Å². The van der Waals surface area contributed by atoms with E-state index in [0.717, 1.165) is 18.4 Å². The minimum atomic E-state index is -0.499. The van der Waals surface area contributed by atoms with Crippen molar-refractivity contribution in [2.24, 2.45) is 11.3 Å². The summed E-state index contributed by atoms with van der Waals surface area (Å²) in [6, 6.07) is 5.34. The summed E-state index contributed by atoms with van der Waals surface area (Å²) in [6.45, 7) is 4.38. The highest BCUT2D eigenvalue weighted by Crippen LogP contribution is 2.31. The molecule has 0 radical (unpaired) electrons. The molecule has 1 aromatic rings. The van der Waals surface area contributed by atoms with Gasteiger partial charge in [-0.1, -0.05) is 17.7 Å². The molecule has 7 heteroatoms. The van der Waals surface area contributed by atoms with Crippen molar-refractivity contribution in [3.8, 4) is 0 Å². The molecule has 1 saturated carbocycles. The molecule has 2 amide bonds. The minimum Gasteiger partial charge on any atom is -0.299 e. The van der Waals surface area contributed by atoms with E-state index in [2.05, 4.69) is 10.9 Å². The quantitative estimate of drug-likeness (QED) is 0.810. The summed E-state index contributed by atoms with van der Waals surface area (Å²) in [7, 11) is 0. The second kappa shape index (κ2) is 6.02. The Morgan fingerprint density at radius 2 is 2.17 bits per heavy atom. The maximum Gasteiger partial charge on any atom is 0.254 e. The van der Waals surface area contributed by atoms with Crippen LogP contribution in [0.15, 0.2) is 18.2 Å². The van der Waals surface area contributed by atoms with E-state index in [9.17, 15) is 9.59 Å². The van der Waals surface area contributed by atoms with Crippen molar-refractivity contribution in [1.29, 1.82) is 0 Å². The van der Waals surface area contributed by atoms with E-state index >= 15 is 0 Å². The van der Waals surface area contributed by atoms with Crippen molar-refractivity contribution in [3.05, 3.63) is 28.8 Å². The Morgan fingerprint density at radius 1 is 1.43 bits per heavy atom. The van der Waals surface area contributed by atoms with Gasteiger partial charge in [0.2, 0.25) is 5.91 Å². The lowest BCUT2D eigenvalue weighted by atomic mass is 9.95. The van der Waals surface area contributed by atoms with Crippen LogP contribution in [0.5, 0.6) is 0 Å². The highest BCUT2D eigenvalue weighted by molar-refractivity contribution is 6.31. The Bertz CT molecular complexity index is 643. The van der Waals surface area contributed by atoms with Crippen LogP contribution in [0, 0.1) is 11.3 Å². The van der Waals surface area contributed by atoms with Gasteiger partial charge in [-0.3, -0.25) is 25.3 Å². The molecule has 1 aromatic carbocycles. The van der Waals surface area contributed by atoms with E-state index < -0.39 is 5.41 Å². The van der Waals surface area contributed by atoms with E-state index in [1.165, 1.54) is 5.06 Å². The Kier molecular flexibility index (Phi) is 4.21. The van der Waals surface area contributed by atoms with Crippen molar-refractivity contribution in [2.45, 2.75) is 33.2 Å². The molecule has 6 nitrogen and oxygen atoms in total. The zero-order valence-corrected chi connectivity index (χ0v) is 13.9. The number of nitrogens with one attached hydrogen (secondary N) is 2. The fourth-order valence-electron chi connectivity index (χ4n) is 2.30. The van der Waals surface area contributed by atoms with Gasteiger partial charge in [-0.2, -0.15) is 0 Å². The van der Waals surface area contributed by atoms with Crippen molar-refractivity contribution in [2.75, 3.05) is 12.0 Å². The molecule has 0 spiro atoms. The topological polar surface area (TPSA) is 70.7 Å². The van der Waals surface area contributed by atoms with Crippen molar-refractivity contribution >= 4 is 29.1 Å². The van der Waals surface area contributed by atoms with Gasteiger partial charge < -0.3 is 0 Å². The van der Waals surface area contributed by atoms with Crippen molar-refractivity contribution in [1.82, 2.24) is 10.5 Å². The van der Waals surface area contributed by atoms with Gasteiger partial charge in [0.25, 0.3) is 5.91 Å². The number of amides is 2. The third-order valence-corrected chi connectivity index (χ3v) is 4.38. The van der Waals surface area contributed by atoms with Crippen molar-refractivity contribution in [3.63, 3.8) is 0 Å². The lowest BCUT2D eigenvalue weighted by molar-refractivity contribution is -0.165. The van der Waals surface area contributed by atoms with Gasteiger partial charge in [0.1, 0.15) is 0 Å². The first kappa shape index (κ1) is 16.1. The maximum absolute atomic E-state index is 12.2. The highest BCUT2D eigenvalue weighted by Gasteiger charge is 2.40. The van der Waals surface area contributed by atoms with Crippen LogP contribution in [0.1, 0.15) is 32.3 Å². The predicted molar refractivity (Wildman–Crippen MR) is 86.2 cm³/mol. The van der Waals surface area contributed by atoms with E-state index in [-0.39, 0.29) is 17.7 Å².